The third kappa shape index (κ3) is 1.55. The molecule has 3 heteroatoms. The van der Waals surface area contributed by atoms with Crippen LogP contribution >= 0.6 is 0 Å². The summed E-state index contributed by atoms with van der Waals surface area (Å²) >= 11 is 0. The molecule has 0 amide bonds. The van der Waals surface area contributed by atoms with Crippen LogP contribution in [0.25, 0.3) is 0 Å². The molecule has 0 aliphatic heterocycles. The maximum atomic E-state index is 11.3. The Morgan fingerprint density at radius 1 is 1.44 bits per heavy atom. The second-order valence-corrected chi connectivity index (χ2v) is 5.32. The van der Waals surface area contributed by atoms with E-state index in [4.69, 9.17) is 0 Å². The van der Waals surface area contributed by atoms with Gasteiger partial charge in [0.25, 0.3) is 0 Å². The van der Waals surface area contributed by atoms with Gasteiger partial charge in [0, 0.05) is 17.4 Å². The molecule has 88 valence electrons. The SMILES string of the molecule is Cc1cc(C(C)(C)C(=O)O)c(C)n1C1CC1. The van der Waals surface area contributed by atoms with Crippen molar-refractivity contribution in [2.75, 3.05) is 0 Å². The Balaban J connectivity index is 2.50. The lowest BCUT2D eigenvalue weighted by Crippen LogP contribution is -2.29. The number of carboxylic acids is 1. The van der Waals surface area contributed by atoms with Crippen LogP contribution < -0.4 is 0 Å². The molecule has 0 aromatic carbocycles. The highest BCUT2D eigenvalue weighted by Crippen LogP contribution is 2.40. The van der Waals surface area contributed by atoms with Gasteiger partial charge in [-0.05, 0) is 52.2 Å². The minimum Gasteiger partial charge on any atom is -0.481 e. The van der Waals surface area contributed by atoms with Crippen LogP contribution in [0.1, 0.15) is 49.7 Å². The van der Waals surface area contributed by atoms with Gasteiger partial charge in [-0.25, -0.2) is 0 Å². The maximum absolute atomic E-state index is 11.3. The summed E-state index contributed by atoms with van der Waals surface area (Å²) in [5.41, 5.74) is 2.45. The zero-order valence-corrected chi connectivity index (χ0v) is 10.4. The van der Waals surface area contributed by atoms with Crippen LogP contribution in [0, 0.1) is 13.8 Å². The van der Waals surface area contributed by atoms with Crippen LogP contribution in [0.3, 0.4) is 0 Å². The molecule has 1 N–H and O–H groups in total. The molecule has 16 heavy (non-hydrogen) atoms. The molecule has 0 radical (unpaired) electrons. The molecule has 1 aliphatic rings. The average Bonchev–Trinajstić information content (AvgIpc) is 2.94. The van der Waals surface area contributed by atoms with Gasteiger partial charge in [-0.2, -0.15) is 0 Å². The summed E-state index contributed by atoms with van der Waals surface area (Å²) in [4.78, 5) is 11.3. The van der Waals surface area contributed by atoms with Gasteiger partial charge < -0.3 is 9.67 Å². The lowest BCUT2D eigenvalue weighted by Gasteiger charge is -2.19. The van der Waals surface area contributed by atoms with Gasteiger partial charge in [0.05, 0.1) is 5.41 Å². The van der Waals surface area contributed by atoms with Crippen molar-refractivity contribution in [2.24, 2.45) is 0 Å². The van der Waals surface area contributed by atoms with Gasteiger partial charge in [0.1, 0.15) is 0 Å². The average molecular weight is 221 g/mol. The van der Waals surface area contributed by atoms with E-state index >= 15 is 0 Å². The first-order chi connectivity index (χ1) is 7.35. The molecule has 1 heterocycles. The Morgan fingerprint density at radius 3 is 2.44 bits per heavy atom. The quantitative estimate of drug-likeness (QED) is 0.852. The molecule has 2 rings (SSSR count). The fourth-order valence-electron chi connectivity index (χ4n) is 2.42. The van der Waals surface area contributed by atoms with E-state index in [0.717, 1.165) is 11.3 Å². The van der Waals surface area contributed by atoms with Crippen molar-refractivity contribution in [3.63, 3.8) is 0 Å². The van der Waals surface area contributed by atoms with E-state index in [9.17, 15) is 9.90 Å². The standard InChI is InChI=1S/C13H19NO2/c1-8-7-11(13(3,4)12(15)16)9(2)14(8)10-5-6-10/h7,10H,5-6H2,1-4H3,(H,15,16). The highest BCUT2D eigenvalue weighted by atomic mass is 16.4. The Kier molecular flexibility index (Phi) is 2.37. The van der Waals surface area contributed by atoms with Crippen molar-refractivity contribution in [3.8, 4) is 0 Å². The Labute approximate surface area is 96.1 Å². The second kappa shape index (κ2) is 3.37. The Bertz CT molecular complexity index is 439. The predicted molar refractivity (Wildman–Crippen MR) is 62.8 cm³/mol. The molecule has 0 unspecified atom stereocenters. The molecule has 1 fully saturated rings. The summed E-state index contributed by atoms with van der Waals surface area (Å²) < 4.78 is 2.29. The van der Waals surface area contributed by atoms with E-state index in [1.165, 1.54) is 18.5 Å². The molecule has 1 aromatic heterocycles. The molecule has 1 aromatic rings. The molecule has 0 bridgehead atoms. The van der Waals surface area contributed by atoms with Crippen LogP contribution in [0.2, 0.25) is 0 Å². The number of aliphatic carboxylic acids is 1. The number of aryl methyl sites for hydroxylation is 1. The van der Waals surface area contributed by atoms with E-state index in [0.29, 0.717) is 6.04 Å². The highest BCUT2D eigenvalue weighted by molar-refractivity contribution is 5.80. The molecule has 0 atom stereocenters. The Morgan fingerprint density at radius 2 is 2.00 bits per heavy atom. The van der Waals surface area contributed by atoms with Gasteiger partial charge in [0.2, 0.25) is 0 Å². The molecule has 3 nitrogen and oxygen atoms in total. The lowest BCUT2D eigenvalue weighted by molar-refractivity contribution is -0.142. The Hall–Kier alpha value is -1.25. The first-order valence-electron chi connectivity index (χ1n) is 5.78. The van der Waals surface area contributed by atoms with Crippen molar-refractivity contribution in [2.45, 2.75) is 52.0 Å². The van der Waals surface area contributed by atoms with E-state index in [1.54, 1.807) is 13.8 Å². The van der Waals surface area contributed by atoms with Crippen molar-refractivity contribution in [1.29, 1.82) is 0 Å². The maximum Gasteiger partial charge on any atom is 0.313 e. The summed E-state index contributed by atoms with van der Waals surface area (Å²) in [5, 5.41) is 9.26. The zero-order valence-electron chi connectivity index (χ0n) is 10.4. The van der Waals surface area contributed by atoms with Crippen molar-refractivity contribution in [3.05, 3.63) is 23.0 Å². The largest absolute Gasteiger partial charge is 0.481 e. The summed E-state index contributed by atoms with van der Waals surface area (Å²) in [7, 11) is 0. The molecular weight excluding hydrogens is 202 g/mol. The number of hydrogen-bond acceptors (Lipinski definition) is 1. The highest BCUT2D eigenvalue weighted by Gasteiger charge is 2.35. The van der Waals surface area contributed by atoms with Crippen molar-refractivity contribution in [1.82, 2.24) is 4.57 Å². The van der Waals surface area contributed by atoms with Gasteiger partial charge in [-0.1, -0.05) is 0 Å². The van der Waals surface area contributed by atoms with E-state index in [-0.39, 0.29) is 0 Å². The minimum atomic E-state index is -0.797. The van der Waals surface area contributed by atoms with Crippen LogP contribution in [-0.4, -0.2) is 15.6 Å². The molecule has 1 aliphatic carbocycles. The van der Waals surface area contributed by atoms with Crippen molar-refractivity contribution >= 4 is 5.97 Å². The van der Waals surface area contributed by atoms with Gasteiger partial charge in [-0.15, -0.1) is 0 Å². The smallest absolute Gasteiger partial charge is 0.313 e. The number of carbonyl (C=O) groups is 1. The van der Waals surface area contributed by atoms with E-state index in [1.807, 2.05) is 13.0 Å². The second-order valence-electron chi connectivity index (χ2n) is 5.32. The molecule has 0 spiro atoms. The fraction of sp³-hybridized carbons (Fsp3) is 0.615. The lowest BCUT2D eigenvalue weighted by atomic mass is 9.85. The first-order valence-corrected chi connectivity index (χ1v) is 5.78. The summed E-state index contributed by atoms with van der Waals surface area (Å²) in [5.74, 6) is -0.761. The normalized spacial score (nSPS) is 16.5. The first kappa shape index (κ1) is 11.2. The minimum absolute atomic E-state index is 0.610. The van der Waals surface area contributed by atoms with Crippen LogP contribution in [0.4, 0.5) is 0 Å². The molecular formula is C13H19NO2. The predicted octanol–water partition coefficient (Wildman–Crippen LogP) is 2.80. The van der Waals surface area contributed by atoms with Gasteiger partial charge in [-0.3, -0.25) is 4.79 Å². The van der Waals surface area contributed by atoms with Gasteiger partial charge >= 0.3 is 5.97 Å². The number of aromatic nitrogens is 1. The van der Waals surface area contributed by atoms with E-state index < -0.39 is 11.4 Å². The fourth-order valence-corrected chi connectivity index (χ4v) is 2.42. The zero-order chi connectivity index (χ0) is 12.1. The number of rotatable bonds is 3. The monoisotopic (exact) mass is 221 g/mol. The van der Waals surface area contributed by atoms with Crippen LogP contribution in [0.5, 0.6) is 0 Å². The van der Waals surface area contributed by atoms with Gasteiger partial charge in [0.15, 0.2) is 0 Å². The summed E-state index contributed by atoms with van der Waals surface area (Å²) in [6, 6.07) is 2.64. The third-order valence-electron chi connectivity index (χ3n) is 3.60. The van der Waals surface area contributed by atoms with Crippen LogP contribution in [-0.2, 0) is 10.2 Å². The number of carboxylic acid groups (broad SMARTS) is 1. The summed E-state index contributed by atoms with van der Waals surface area (Å²) in [6.07, 6.45) is 2.45. The number of hydrogen-bond donors (Lipinski definition) is 1. The topological polar surface area (TPSA) is 42.2 Å². The van der Waals surface area contributed by atoms with Crippen LogP contribution in [0.15, 0.2) is 6.07 Å². The summed E-state index contributed by atoms with van der Waals surface area (Å²) in [6.45, 7) is 7.64. The van der Waals surface area contributed by atoms with Crippen molar-refractivity contribution < 1.29 is 9.90 Å². The third-order valence-corrected chi connectivity index (χ3v) is 3.60. The number of nitrogens with zero attached hydrogens (tertiary/aromatic N) is 1. The molecule has 0 saturated heterocycles. The molecule has 1 saturated carbocycles. The van der Waals surface area contributed by atoms with E-state index in [2.05, 4.69) is 11.5 Å².